The first kappa shape index (κ1) is 13.8. The molecule has 3 saturated heterocycles. The second-order valence-electron chi connectivity index (χ2n) is 6.59. The highest BCUT2D eigenvalue weighted by molar-refractivity contribution is 6.06. The third-order valence-electron chi connectivity index (χ3n) is 4.15. The lowest BCUT2D eigenvalue weighted by atomic mass is 9.89. The zero-order valence-electron chi connectivity index (χ0n) is 12.3. The van der Waals surface area contributed by atoms with E-state index in [1.807, 2.05) is 6.92 Å². The average Bonchev–Trinajstić information content (AvgIpc) is 3.23. The van der Waals surface area contributed by atoms with Gasteiger partial charge in [-0.05, 0) is 19.3 Å². The molecule has 3 amide bonds. The van der Waals surface area contributed by atoms with Gasteiger partial charge >= 0.3 is 6.03 Å². The molecule has 3 fully saturated rings. The summed E-state index contributed by atoms with van der Waals surface area (Å²) in [4.78, 5) is 28.3. The van der Waals surface area contributed by atoms with Crippen LogP contribution in [-0.4, -0.2) is 65.8 Å². The largest absolute Gasteiger partial charge is 0.371 e. The van der Waals surface area contributed by atoms with E-state index in [-0.39, 0.29) is 24.1 Å². The standard InChI is InChI=1S/C14H22N2O4/c1-9(2)4-14(3)12(17)15(5-10-7-19-10)13(18)16(14)6-11-8-20-11/h9-11H,4-8H2,1-3H3. The van der Waals surface area contributed by atoms with E-state index < -0.39 is 5.54 Å². The van der Waals surface area contributed by atoms with Crippen LogP contribution >= 0.6 is 0 Å². The molecule has 6 heteroatoms. The molecule has 0 spiro atoms. The Kier molecular flexibility index (Phi) is 3.25. The smallest absolute Gasteiger partial charge is 0.327 e. The molecule has 6 nitrogen and oxygen atoms in total. The van der Waals surface area contributed by atoms with Crippen molar-refractivity contribution in [2.45, 2.75) is 44.9 Å². The summed E-state index contributed by atoms with van der Waals surface area (Å²) in [6.07, 6.45) is 0.797. The summed E-state index contributed by atoms with van der Waals surface area (Å²) < 4.78 is 10.4. The number of carbonyl (C=O) groups excluding carboxylic acids is 2. The van der Waals surface area contributed by atoms with Crippen LogP contribution in [0, 0.1) is 5.92 Å². The van der Waals surface area contributed by atoms with Crippen LogP contribution in [0.15, 0.2) is 0 Å². The topological polar surface area (TPSA) is 65.7 Å². The summed E-state index contributed by atoms with van der Waals surface area (Å²) in [5.41, 5.74) is -0.744. The van der Waals surface area contributed by atoms with E-state index in [9.17, 15) is 9.59 Å². The number of ether oxygens (including phenoxy) is 2. The van der Waals surface area contributed by atoms with Crippen molar-refractivity contribution < 1.29 is 19.1 Å². The van der Waals surface area contributed by atoms with Gasteiger partial charge in [0.2, 0.25) is 0 Å². The number of rotatable bonds is 6. The van der Waals surface area contributed by atoms with Gasteiger partial charge in [-0.2, -0.15) is 0 Å². The van der Waals surface area contributed by atoms with Gasteiger partial charge in [0.1, 0.15) is 5.54 Å². The molecule has 3 aliphatic heterocycles. The van der Waals surface area contributed by atoms with E-state index in [2.05, 4.69) is 13.8 Å². The number of hydrogen-bond donors (Lipinski definition) is 0. The molecule has 0 bridgehead atoms. The van der Waals surface area contributed by atoms with E-state index in [0.717, 1.165) is 0 Å². The van der Waals surface area contributed by atoms with E-state index in [1.165, 1.54) is 4.90 Å². The Balaban J connectivity index is 1.82. The van der Waals surface area contributed by atoms with Crippen molar-refractivity contribution in [1.29, 1.82) is 0 Å². The van der Waals surface area contributed by atoms with Crippen molar-refractivity contribution in [2.24, 2.45) is 5.92 Å². The Morgan fingerprint density at radius 2 is 1.75 bits per heavy atom. The first-order valence-electron chi connectivity index (χ1n) is 7.28. The zero-order chi connectivity index (χ0) is 14.5. The normalized spacial score (nSPS) is 36.2. The number of carbonyl (C=O) groups is 2. The third kappa shape index (κ3) is 2.42. The van der Waals surface area contributed by atoms with Crippen molar-refractivity contribution in [1.82, 2.24) is 9.80 Å². The summed E-state index contributed by atoms with van der Waals surface area (Å²) in [6.45, 7) is 8.24. The molecular formula is C14H22N2O4. The fourth-order valence-corrected chi connectivity index (χ4v) is 3.04. The first-order valence-corrected chi connectivity index (χ1v) is 7.28. The number of epoxide rings is 2. The highest BCUT2D eigenvalue weighted by Crippen LogP contribution is 2.35. The Labute approximate surface area is 119 Å². The number of urea groups is 1. The van der Waals surface area contributed by atoms with Crippen molar-refractivity contribution in [3.8, 4) is 0 Å². The summed E-state index contributed by atoms with van der Waals surface area (Å²) in [5, 5.41) is 0. The highest BCUT2D eigenvalue weighted by Gasteiger charge is 2.56. The van der Waals surface area contributed by atoms with Gasteiger partial charge in [0.25, 0.3) is 5.91 Å². The van der Waals surface area contributed by atoms with Gasteiger partial charge in [0.15, 0.2) is 0 Å². The molecule has 0 saturated carbocycles. The van der Waals surface area contributed by atoms with Crippen LogP contribution in [0.1, 0.15) is 27.2 Å². The second kappa shape index (κ2) is 4.70. The molecule has 0 N–H and O–H groups in total. The second-order valence-corrected chi connectivity index (χ2v) is 6.59. The maximum absolute atomic E-state index is 12.7. The fraction of sp³-hybridized carbons (Fsp3) is 0.857. The Morgan fingerprint density at radius 1 is 1.20 bits per heavy atom. The van der Waals surface area contributed by atoms with Crippen LogP contribution in [0.5, 0.6) is 0 Å². The van der Waals surface area contributed by atoms with Crippen LogP contribution in [-0.2, 0) is 14.3 Å². The monoisotopic (exact) mass is 282 g/mol. The minimum Gasteiger partial charge on any atom is -0.371 e. The zero-order valence-corrected chi connectivity index (χ0v) is 12.3. The Bertz CT molecular complexity index is 431. The van der Waals surface area contributed by atoms with Crippen molar-refractivity contribution in [2.75, 3.05) is 26.3 Å². The van der Waals surface area contributed by atoms with Crippen LogP contribution < -0.4 is 0 Å². The molecule has 3 rings (SSSR count). The van der Waals surface area contributed by atoms with Crippen molar-refractivity contribution in [3.05, 3.63) is 0 Å². The fourth-order valence-electron chi connectivity index (χ4n) is 3.04. The number of imide groups is 1. The number of amides is 3. The highest BCUT2D eigenvalue weighted by atomic mass is 16.6. The van der Waals surface area contributed by atoms with E-state index in [1.54, 1.807) is 4.90 Å². The lowest BCUT2D eigenvalue weighted by Gasteiger charge is -2.32. The molecule has 3 atom stereocenters. The van der Waals surface area contributed by atoms with Crippen LogP contribution in [0.3, 0.4) is 0 Å². The van der Waals surface area contributed by atoms with E-state index in [4.69, 9.17) is 9.47 Å². The summed E-state index contributed by atoms with van der Waals surface area (Å²) in [6, 6.07) is -0.191. The molecule has 3 unspecified atom stereocenters. The molecule has 0 aromatic heterocycles. The van der Waals surface area contributed by atoms with Gasteiger partial charge in [-0.3, -0.25) is 9.69 Å². The number of hydrogen-bond acceptors (Lipinski definition) is 4. The molecule has 112 valence electrons. The van der Waals surface area contributed by atoms with E-state index >= 15 is 0 Å². The quantitative estimate of drug-likeness (QED) is 0.535. The Hall–Kier alpha value is -1.14. The molecule has 3 aliphatic rings. The minimum absolute atomic E-state index is 0.0309. The van der Waals surface area contributed by atoms with Gasteiger partial charge in [-0.1, -0.05) is 13.8 Å². The summed E-state index contributed by atoms with van der Waals surface area (Å²) in [7, 11) is 0. The van der Waals surface area contributed by atoms with Gasteiger partial charge in [-0.15, -0.1) is 0 Å². The first-order chi connectivity index (χ1) is 9.41. The molecule has 20 heavy (non-hydrogen) atoms. The van der Waals surface area contributed by atoms with Crippen LogP contribution in [0.2, 0.25) is 0 Å². The van der Waals surface area contributed by atoms with E-state index in [0.29, 0.717) is 38.6 Å². The predicted molar refractivity (Wildman–Crippen MR) is 71.2 cm³/mol. The van der Waals surface area contributed by atoms with Gasteiger partial charge < -0.3 is 14.4 Å². The molecule has 3 heterocycles. The Morgan fingerprint density at radius 3 is 2.25 bits per heavy atom. The maximum atomic E-state index is 12.7. The molecule has 0 aromatic carbocycles. The average molecular weight is 282 g/mol. The van der Waals surface area contributed by atoms with Crippen LogP contribution in [0.4, 0.5) is 4.79 Å². The van der Waals surface area contributed by atoms with Gasteiger partial charge in [-0.25, -0.2) is 4.79 Å². The SMILES string of the molecule is CC(C)CC1(C)C(=O)N(CC2CO2)C(=O)N1CC1CO1. The summed E-state index contributed by atoms with van der Waals surface area (Å²) in [5.74, 6) is 0.254. The lowest BCUT2D eigenvalue weighted by Crippen LogP contribution is -2.49. The predicted octanol–water partition coefficient (Wildman–Crippen LogP) is 0.853. The number of nitrogens with zero attached hydrogens (tertiary/aromatic N) is 2. The van der Waals surface area contributed by atoms with Crippen molar-refractivity contribution >= 4 is 11.9 Å². The van der Waals surface area contributed by atoms with Gasteiger partial charge in [0.05, 0.1) is 38.5 Å². The summed E-state index contributed by atoms with van der Waals surface area (Å²) >= 11 is 0. The minimum atomic E-state index is -0.744. The lowest BCUT2D eigenvalue weighted by molar-refractivity contribution is -0.133. The third-order valence-corrected chi connectivity index (χ3v) is 4.15. The molecular weight excluding hydrogens is 260 g/mol. The van der Waals surface area contributed by atoms with Crippen LogP contribution in [0.25, 0.3) is 0 Å². The molecule has 0 radical (unpaired) electrons. The molecule has 0 aromatic rings. The maximum Gasteiger partial charge on any atom is 0.327 e. The molecule has 0 aliphatic carbocycles. The van der Waals surface area contributed by atoms with Gasteiger partial charge in [0, 0.05) is 0 Å². The van der Waals surface area contributed by atoms with Crippen molar-refractivity contribution in [3.63, 3.8) is 0 Å².